The van der Waals surface area contributed by atoms with Crippen molar-refractivity contribution in [1.82, 2.24) is 0 Å². The van der Waals surface area contributed by atoms with Gasteiger partial charge in [0.2, 0.25) is 0 Å². The van der Waals surface area contributed by atoms with Crippen molar-refractivity contribution in [2.24, 2.45) is 0 Å². The van der Waals surface area contributed by atoms with Crippen LogP contribution in [0.2, 0.25) is 0 Å². The molecule has 0 unspecified atom stereocenters. The lowest BCUT2D eigenvalue weighted by Gasteiger charge is -2.10. The van der Waals surface area contributed by atoms with Crippen LogP contribution in [0, 0.1) is 0 Å². The van der Waals surface area contributed by atoms with Gasteiger partial charge in [0, 0.05) is 0 Å². The van der Waals surface area contributed by atoms with E-state index in [1.54, 1.807) is 0 Å². The highest BCUT2D eigenvalue weighted by Gasteiger charge is 2.02. The van der Waals surface area contributed by atoms with Crippen LogP contribution in [0.1, 0.15) is 19.8 Å². The maximum Gasteiger partial charge on any atom is 0.125 e. The minimum absolute atomic E-state index is 0.959. The van der Waals surface area contributed by atoms with E-state index < -0.39 is 0 Å². The average Bonchev–Trinajstić information content (AvgIpc) is 1.94. The van der Waals surface area contributed by atoms with Gasteiger partial charge in [-0.1, -0.05) is 12.7 Å². The van der Waals surface area contributed by atoms with Gasteiger partial charge in [0.05, 0.1) is 6.26 Å². The Hall–Kier alpha value is -0.980. The monoisotopic (exact) mass is 136 g/mol. The fourth-order valence-corrected chi connectivity index (χ4v) is 1.01. The summed E-state index contributed by atoms with van der Waals surface area (Å²) in [6.07, 6.45) is 7.96. The van der Waals surface area contributed by atoms with Crippen molar-refractivity contribution in [1.29, 1.82) is 0 Å². The topological polar surface area (TPSA) is 9.23 Å². The zero-order valence-electron chi connectivity index (χ0n) is 6.26. The van der Waals surface area contributed by atoms with Crippen LogP contribution in [0.4, 0.5) is 0 Å². The number of hydrogen-bond acceptors (Lipinski definition) is 1. The molecule has 0 heterocycles. The molecule has 0 atom stereocenters. The number of allylic oxidation sites excluding steroid dienone is 3. The third-order valence-corrected chi connectivity index (χ3v) is 1.55. The maximum atomic E-state index is 5.15. The molecule has 1 heteroatoms. The van der Waals surface area contributed by atoms with Crippen molar-refractivity contribution in [3.8, 4) is 0 Å². The Kier molecular flexibility index (Phi) is 2.32. The first-order valence-corrected chi connectivity index (χ1v) is 3.49. The van der Waals surface area contributed by atoms with Crippen LogP contribution >= 0.6 is 0 Å². The van der Waals surface area contributed by atoms with Crippen molar-refractivity contribution in [2.75, 3.05) is 0 Å². The third kappa shape index (κ3) is 1.50. The second-order valence-corrected chi connectivity index (χ2v) is 2.32. The van der Waals surface area contributed by atoms with Gasteiger partial charge in [-0.15, -0.1) is 0 Å². The van der Waals surface area contributed by atoms with Crippen LogP contribution in [-0.4, -0.2) is 0 Å². The van der Waals surface area contributed by atoms with Gasteiger partial charge in [-0.2, -0.15) is 0 Å². The summed E-state index contributed by atoms with van der Waals surface area (Å²) < 4.78 is 5.15. The smallest absolute Gasteiger partial charge is 0.125 e. The summed E-state index contributed by atoms with van der Waals surface area (Å²) in [4.78, 5) is 0. The average molecular weight is 136 g/mol. The molecule has 1 nitrogen and oxygen atoms in total. The van der Waals surface area contributed by atoms with Gasteiger partial charge in [-0.05, 0) is 31.4 Å². The fraction of sp³-hybridized carbons (Fsp3) is 0.333. The highest BCUT2D eigenvalue weighted by Crippen LogP contribution is 2.18. The normalized spacial score (nSPS) is 17.3. The number of rotatable bonds is 2. The number of ether oxygens (including phenoxy) is 1. The van der Waals surface area contributed by atoms with Crippen molar-refractivity contribution >= 4 is 0 Å². The van der Waals surface area contributed by atoms with E-state index in [1.807, 2.05) is 0 Å². The highest BCUT2D eigenvalue weighted by molar-refractivity contribution is 5.27. The van der Waals surface area contributed by atoms with E-state index in [4.69, 9.17) is 4.74 Å². The first-order valence-electron chi connectivity index (χ1n) is 3.49. The lowest BCUT2D eigenvalue weighted by Crippen LogP contribution is -1.92. The SMILES string of the molecule is C=COC1=CCCC=C1C. The van der Waals surface area contributed by atoms with E-state index in [9.17, 15) is 0 Å². The molecule has 1 aliphatic rings. The van der Waals surface area contributed by atoms with Crippen molar-refractivity contribution in [3.63, 3.8) is 0 Å². The summed E-state index contributed by atoms with van der Waals surface area (Å²) >= 11 is 0. The van der Waals surface area contributed by atoms with Crippen LogP contribution in [0.25, 0.3) is 0 Å². The molecule has 0 aliphatic heterocycles. The Bertz CT molecular complexity index is 187. The summed E-state index contributed by atoms with van der Waals surface area (Å²) in [7, 11) is 0. The molecule has 0 bridgehead atoms. The van der Waals surface area contributed by atoms with Gasteiger partial charge >= 0.3 is 0 Å². The molecule has 0 aromatic rings. The largest absolute Gasteiger partial charge is 0.466 e. The Balaban J connectivity index is 2.64. The predicted octanol–water partition coefficient (Wildman–Crippen LogP) is 2.77. The molecule has 0 radical (unpaired) electrons. The molecule has 0 saturated carbocycles. The van der Waals surface area contributed by atoms with Crippen molar-refractivity contribution < 1.29 is 4.74 Å². The summed E-state index contributed by atoms with van der Waals surface area (Å²) in [5, 5.41) is 0. The Morgan fingerprint density at radius 1 is 1.50 bits per heavy atom. The summed E-state index contributed by atoms with van der Waals surface area (Å²) in [6.45, 7) is 5.55. The first kappa shape index (κ1) is 7.13. The fourth-order valence-electron chi connectivity index (χ4n) is 1.01. The minimum Gasteiger partial charge on any atom is -0.466 e. The molecule has 0 spiro atoms. The predicted molar refractivity (Wildman–Crippen MR) is 42.4 cm³/mol. The molecule has 1 aliphatic carbocycles. The second-order valence-electron chi connectivity index (χ2n) is 2.32. The quantitative estimate of drug-likeness (QED) is 0.530. The van der Waals surface area contributed by atoms with Gasteiger partial charge in [0.15, 0.2) is 0 Å². The van der Waals surface area contributed by atoms with Crippen molar-refractivity contribution in [2.45, 2.75) is 19.8 Å². The Labute approximate surface area is 61.7 Å². The van der Waals surface area contributed by atoms with Gasteiger partial charge < -0.3 is 4.74 Å². The van der Waals surface area contributed by atoms with Crippen LogP contribution < -0.4 is 0 Å². The summed E-state index contributed by atoms with van der Waals surface area (Å²) in [6, 6.07) is 0. The van der Waals surface area contributed by atoms with Crippen LogP contribution in [0.15, 0.2) is 36.3 Å². The van der Waals surface area contributed by atoms with Crippen LogP contribution in [-0.2, 0) is 4.74 Å². The molecule has 0 aromatic carbocycles. The molecule has 1 rings (SSSR count). The van der Waals surface area contributed by atoms with Gasteiger partial charge in [-0.3, -0.25) is 0 Å². The Morgan fingerprint density at radius 2 is 2.20 bits per heavy atom. The van der Waals surface area contributed by atoms with Crippen LogP contribution in [0.5, 0.6) is 0 Å². The first-order chi connectivity index (χ1) is 4.84. The van der Waals surface area contributed by atoms with E-state index in [1.165, 1.54) is 11.8 Å². The highest BCUT2D eigenvalue weighted by atomic mass is 16.5. The van der Waals surface area contributed by atoms with E-state index in [-0.39, 0.29) is 0 Å². The molecule has 54 valence electrons. The molecular formula is C9H12O. The van der Waals surface area contributed by atoms with E-state index in [0.717, 1.165) is 18.6 Å². The third-order valence-electron chi connectivity index (χ3n) is 1.55. The van der Waals surface area contributed by atoms with Crippen molar-refractivity contribution in [3.05, 3.63) is 36.3 Å². The molecule has 10 heavy (non-hydrogen) atoms. The minimum atomic E-state index is 0.959. The molecule has 0 aromatic heterocycles. The summed E-state index contributed by atoms with van der Waals surface area (Å²) in [5.74, 6) is 0.959. The molecule has 0 saturated heterocycles. The lowest BCUT2D eigenvalue weighted by molar-refractivity contribution is 0.358. The lowest BCUT2D eigenvalue weighted by atomic mass is 10.1. The van der Waals surface area contributed by atoms with Gasteiger partial charge in [0.1, 0.15) is 5.76 Å². The second kappa shape index (κ2) is 3.25. The zero-order valence-corrected chi connectivity index (χ0v) is 6.26. The Morgan fingerprint density at radius 3 is 2.80 bits per heavy atom. The molecule has 0 fully saturated rings. The molecular weight excluding hydrogens is 124 g/mol. The molecule has 0 amide bonds. The maximum absolute atomic E-state index is 5.15. The van der Waals surface area contributed by atoms with Gasteiger partial charge in [-0.25, -0.2) is 0 Å². The summed E-state index contributed by atoms with van der Waals surface area (Å²) in [5.41, 5.74) is 1.21. The standard InChI is InChI=1S/C9H12O/c1-3-10-9-7-5-4-6-8(9)2/h3,6-7H,1,4-5H2,2H3. The van der Waals surface area contributed by atoms with E-state index in [0.29, 0.717) is 0 Å². The van der Waals surface area contributed by atoms with Crippen LogP contribution in [0.3, 0.4) is 0 Å². The zero-order chi connectivity index (χ0) is 7.40. The van der Waals surface area contributed by atoms with E-state index in [2.05, 4.69) is 25.7 Å². The number of hydrogen-bond donors (Lipinski definition) is 0. The van der Waals surface area contributed by atoms with Gasteiger partial charge in [0.25, 0.3) is 0 Å². The van der Waals surface area contributed by atoms with E-state index >= 15 is 0 Å². The molecule has 0 N–H and O–H groups in total.